The van der Waals surface area contributed by atoms with Crippen LogP contribution in [0.3, 0.4) is 0 Å². The number of halogens is 1. The predicted octanol–water partition coefficient (Wildman–Crippen LogP) is 7.75. The number of thiazole rings is 1. The van der Waals surface area contributed by atoms with E-state index < -0.39 is 15.8 Å². The van der Waals surface area contributed by atoms with E-state index in [-0.39, 0.29) is 57.9 Å². The van der Waals surface area contributed by atoms with Crippen LogP contribution in [0.2, 0.25) is 0 Å². The molecule has 17 heteroatoms. The maximum atomic E-state index is 16.1. The second-order valence-electron chi connectivity index (χ2n) is 17.5. The Bertz CT molecular complexity index is 2620. The highest BCUT2D eigenvalue weighted by molar-refractivity contribution is 7.92. The lowest BCUT2D eigenvalue weighted by Crippen LogP contribution is -2.42. The van der Waals surface area contributed by atoms with Crippen molar-refractivity contribution in [3.63, 3.8) is 0 Å². The van der Waals surface area contributed by atoms with Gasteiger partial charge in [-0.2, -0.15) is 0 Å². The zero-order valence-corrected chi connectivity index (χ0v) is 37.5. The zero-order chi connectivity index (χ0) is 44.5. The number of amides is 3. The lowest BCUT2D eigenvalue weighted by molar-refractivity contribution is -0.136. The minimum atomic E-state index is -3.73. The monoisotopic (exact) mass is 893 g/mol. The van der Waals surface area contributed by atoms with Gasteiger partial charge in [-0.05, 0) is 85.5 Å². The van der Waals surface area contributed by atoms with Crippen LogP contribution >= 0.6 is 11.3 Å². The zero-order valence-electron chi connectivity index (χ0n) is 35.9. The Labute approximate surface area is 371 Å². The van der Waals surface area contributed by atoms with E-state index in [1.165, 1.54) is 17.4 Å². The third-order valence-corrected chi connectivity index (χ3v) is 14.8. The Balaban J connectivity index is 0.908. The minimum Gasteiger partial charge on any atom is -0.356 e. The van der Waals surface area contributed by atoms with E-state index in [2.05, 4.69) is 42.4 Å². The lowest BCUT2D eigenvalue weighted by atomic mass is 9.88. The molecule has 3 aliphatic heterocycles. The molecule has 2 atom stereocenters. The summed E-state index contributed by atoms with van der Waals surface area (Å²) in [5.41, 5.74) is 3.36. The van der Waals surface area contributed by atoms with E-state index >= 15 is 4.39 Å². The fraction of sp³-hybridized carbons (Fsp3) is 0.413. The van der Waals surface area contributed by atoms with Crippen LogP contribution in [0.5, 0.6) is 0 Å². The van der Waals surface area contributed by atoms with Crippen molar-refractivity contribution in [1.82, 2.24) is 30.2 Å². The molecule has 3 aromatic heterocycles. The Morgan fingerprint density at radius 1 is 0.952 bits per heavy atom. The molecular formula is C46H52FN9O5S2. The molecule has 330 valence electrons. The van der Waals surface area contributed by atoms with Crippen molar-refractivity contribution in [2.75, 3.05) is 46.9 Å². The van der Waals surface area contributed by atoms with E-state index in [0.717, 1.165) is 53.4 Å². The van der Waals surface area contributed by atoms with Gasteiger partial charge in [0.2, 0.25) is 33.7 Å². The average molecular weight is 894 g/mol. The molecule has 6 heterocycles. The number of nitrogens with one attached hydrogen (secondary N) is 3. The second kappa shape index (κ2) is 18.1. The summed E-state index contributed by atoms with van der Waals surface area (Å²) < 4.78 is 43.6. The average Bonchev–Trinajstić information content (AvgIpc) is 3.94. The van der Waals surface area contributed by atoms with Crippen LogP contribution in [0.4, 0.5) is 27.5 Å². The topological polar surface area (TPSA) is 179 Å². The highest BCUT2D eigenvalue weighted by Crippen LogP contribution is 2.42. The normalized spacial score (nSPS) is 18.7. The van der Waals surface area contributed by atoms with Gasteiger partial charge in [0.25, 0.3) is 0 Å². The van der Waals surface area contributed by atoms with Gasteiger partial charge < -0.3 is 15.1 Å². The van der Waals surface area contributed by atoms with Crippen LogP contribution in [0.25, 0.3) is 21.8 Å². The third kappa shape index (κ3) is 9.89. The summed E-state index contributed by atoms with van der Waals surface area (Å²) in [6.07, 6.45) is 6.97. The van der Waals surface area contributed by atoms with Crippen molar-refractivity contribution < 1.29 is 27.2 Å². The number of nitrogens with zero attached hydrogens (tertiary/aromatic N) is 6. The molecular weight excluding hydrogens is 842 g/mol. The molecule has 0 aliphatic carbocycles. The molecule has 5 aromatic rings. The first kappa shape index (κ1) is 43.8. The van der Waals surface area contributed by atoms with Crippen LogP contribution in [0.1, 0.15) is 94.2 Å². The molecule has 1 unspecified atom stereocenters. The Morgan fingerprint density at radius 2 is 1.75 bits per heavy atom. The number of piperidine rings is 2. The molecule has 8 rings (SSSR count). The Kier molecular flexibility index (Phi) is 12.6. The molecule has 0 saturated carbocycles. The van der Waals surface area contributed by atoms with Crippen molar-refractivity contribution >= 4 is 62.2 Å². The van der Waals surface area contributed by atoms with Crippen LogP contribution in [-0.4, -0.2) is 82.9 Å². The van der Waals surface area contributed by atoms with Gasteiger partial charge in [0.05, 0.1) is 44.5 Å². The van der Waals surface area contributed by atoms with Gasteiger partial charge in [-0.25, -0.2) is 32.7 Å². The summed E-state index contributed by atoms with van der Waals surface area (Å²) in [6, 6.07) is 18.3. The minimum absolute atomic E-state index is 0.113. The lowest BCUT2D eigenvalue weighted by Gasteiger charge is -2.34. The van der Waals surface area contributed by atoms with Crippen LogP contribution in [0.15, 0.2) is 73.1 Å². The molecule has 0 radical (unpaired) electrons. The maximum Gasteiger partial charge on any atom is 0.234 e. The van der Waals surface area contributed by atoms with E-state index in [1.54, 1.807) is 37.5 Å². The Hall–Kier alpha value is -5.81. The summed E-state index contributed by atoms with van der Waals surface area (Å²) in [7, 11) is -3.73. The predicted molar refractivity (Wildman–Crippen MR) is 243 cm³/mol. The number of carbonyl (C=O) groups excluding carboxylic acids is 3. The number of aromatic nitrogens is 4. The fourth-order valence-electron chi connectivity index (χ4n) is 8.49. The maximum absolute atomic E-state index is 16.1. The number of likely N-dealkylation sites (tertiary alicyclic amines) is 1. The molecule has 0 spiro atoms. The second-order valence-corrected chi connectivity index (χ2v) is 20.4. The van der Waals surface area contributed by atoms with Crippen molar-refractivity contribution in [3.05, 3.63) is 95.0 Å². The standard InChI is InChI=1S/C46H52FN9O5S2/c1-5-24-63(60,61)54-35-11-7-10-34(39(35)47)40-41(62-44(53-40)46(2,3)4)36-16-20-48-45(51-36)50-32-9-6-8-29(25-32)28-17-21-55(22-18-28)43(59)31-19-23-56(27-31)37-14-12-30(26-49-37)33-13-15-38(57)52-42(33)58/h6-12,14,16,20,25-26,28,31,33,54H,5,13,15,17-19,21-24,27H2,1-4H3,(H,48,50,51)(H,52,57,58)/t31-,33?/m1/s1. The highest BCUT2D eigenvalue weighted by atomic mass is 32.2. The number of imide groups is 1. The number of hydrogen-bond donors (Lipinski definition) is 3. The highest BCUT2D eigenvalue weighted by Gasteiger charge is 2.35. The Morgan fingerprint density at radius 3 is 2.48 bits per heavy atom. The number of rotatable bonds is 12. The quantitative estimate of drug-likeness (QED) is 0.104. The molecule has 3 amide bonds. The SMILES string of the molecule is CCCS(=O)(=O)Nc1cccc(-c2nc(C(C)(C)C)sc2-c2ccnc(Nc3cccc(C4CCN(C(=O)[C@@H]5CCN(c6ccc(C7CCC(=O)NC7=O)cn6)C5)CC4)c3)n2)c1F. The largest absolute Gasteiger partial charge is 0.356 e. The van der Waals surface area contributed by atoms with Crippen molar-refractivity contribution in [2.45, 2.75) is 83.5 Å². The van der Waals surface area contributed by atoms with Gasteiger partial charge in [-0.15, -0.1) is 11.3 Å². The molecule has 3 fully saturated rings. The van der Waals surface area contributed by atoms with Crippen molar-refractivity contribution in [3.8, 4) is 21.8 Å². The molecule has 3 saturated heterocycles. The molecule has 63 heavy (non-hydrogen) atoms. The molecule has 0 bridgehead atoms. The van der Waals surface area contributed by atoms with Gasteiger partial charge in [0.15, 0.2) is 5.82 Å². The number of carbonyl (C=O) groups is 3. The first-order chi connectivity index (χ1) is 30.2. The number of sulfonamides is 1. The summed E-state index contributed by atoms with van der Waals surface area (Å²) in [6.45, 7) is 10.5. The summed E-state index contributed by atoms with van der Waals surface area (Å²) in [4.78, 5) is 61.2. The first-order valence-corrected chi connectivity index (χ1v) is 24.0. The van der Waals surface area contributed by atoms with Crippen LogP contribution < -0.4 is 20.3 Å². The smallest absolute Gasteiger partial charge is 0.234 e. The summed E-state index contributed by atoms with van der Waals surface area (Å²) in [5, 5.41) is 6.54. The van der Waals surface area contributed by atoms with Crippen LogP contribution in [-0.2, 0) is 29.8 Å². The summed E-state index contributed by atoms with van der Waals surface area (Å²) in [5.74, 6) is -0.275. The molecule has 2 aromatic carbocycles. The number of benzene rings is 2. The van der Waals surface area contributed by atoms with E-state index in [1.807, 2.05) is 49.9 Å². The van der Waals surface area contributed by atoms with E-state index in [0.29, 0.717) is 61.1 Å². The van der Waals surface area contributed by atoms with E-state index in [9.17, 15) is 22.8 Å². The van der Waals surface area contributed by atoms with Gasteiger partial charge in [-0.1, -0.05) is 52.0 Å². The van der Waals surface area contributed by atoms with Gasteiger partial charge in [0, 0.05) is 61.7 Å². The van der Waals surface area contributed by atoms with Gasteiger partial charge in [-0.3, -0.25) is 24.4 Å². The fourth-order valence-corrected chi connectivity index (χ4v) is 10.7. The van der Waals surface area contributed by atoms with Crippen molar-refractivity contribution in [1.29, 1.82) is 0 Å². The van der Waals surface area contributed by atoms with Gasteiger partial charge >= 0.3 is 0 Å². The number of pyridine rings is 1. The number of hydrogen-bond acceptors (Lipinski definition) is 12. The van der Waals surface area contributed by atoms with Crippen LogP contribution in [0, 0.1) is 11.7 Å². The van der Waals surface area contributed by atoms with E-state index in [4.69, 9.17) is 9.97 Å². The van der Waals surface area contributed by atoms with Crippen molar-refractivity contribution in [2.24, 2.45) is 5.92 Å². The summed E-state index contributed by atoms with van der Waals surface area (Å²) >= 11 is 1.41. The molecule has 3 aliphatic rings. The third-order valence-electron chi connectivity index (χ3n) is 11.8. The number of anilines is 4. The molecule has 14 nitrogen and oxygen atoms in total. The first-order valence-electron chi connectivity index (χ1n) is 21.5. The molecule has 3 N–H and O–H groups in total. The van der Waals surface area contributed by atoms with Gasteiger partial charge in [0.1, 0.15) is 5.82 Å².